The molecule has 0 aliphatic carbocycles. The average molecular weight is 372 g/mol. The van der Waals surface area contributed by atoms with Gasteiger partial charge in [0.2, 0.25) is 15.9 Å². The highest BCUT2D eigenvalue weighted by molar-refractivity contribution is 7.89. The summed E-state index contributed by atoms with van der Waals surface area (Å²) in [4.78, 5) is 10.6. The normalized spacial score (nSPS) is 11.3. The van der Waals surface area contributed by atoms with E-state index >= 15 is 0 Å². The molecule has 0 aliphatic rings. The second kappa shape index (κ2) is 8.13. The summed E-state index contributed by atoms with van der Waals surface area (Å²) in [5.41, 5.74) is 0.993. The van der Waals surface area contributed by atoms with E-state index in [0.29, 0.717) is 18.6 Å². The molecule has 0 aliphatic heterocycles. The highest BCUT2D eigenvalue weighted by Gasteiger charge is 2.24. The van der Waals surface area contributed by atoms with E-state index in [1.54, 1.807) is 0 Å². The van der Waals surface area contributed by atoms with Gasteiger partial charge in [0.15, 0.2) is 17.5 Å². The van der Waals surface area contributed by atoms with Crippen molar-refractivity contribution >= 4 is 15.9 Å². The molecular weight excluding hydrogens is 357 g/mol. The van der Waals surface area contributed by atoms with Crippen LogP contribution in [-0.4, -0.2) is 27.4 Å². The fourth-order valence-electron chi connectivity index (χ4n) is 2.01. The van der Waals surface area contributed by atoms with E-state index < -0.39 is 44.8 Å². The molecule has 0 aromatic heterocycles. The molecule has 0 spiro atoms. The molecule has 0 unspecified atom stereocenters. The lowest BCUT2D eigenvalue weighted by atomic mass is 10.1. The minimum absolute atomic E-state index is 0.282. The highest BCUT2D eigenvalue weighted by Crippen LogP contribution is 2.19. The number of carbonyl (C=O) groups excluding carboxylic acids is 1. The standard InChI is InChI=1S/C16H15F3N2O3S/c17-12-6-7-13(16(19)15(12)18)25(23,24)21-10-14(22)20-9-8-11-4-2-1-3-5-11/h1-7,21H,8-10H2,(H,20,22). The smallest absolute Gasteiger partial charge is 0.244 e. The third kappa shape index (κ3) is 5.04. The lowest BCUT2D eigenvalue weighted by Gasteiger charge is -2.09. The van der Waals surface area contributed by atoms with Gasteiger partial charge in [-0.2, -0.15) is 0 Å². The number of rotatable bonds is 7. The molecular formula is C16H15F3N2O3S. The molecule has 25 heavy (non-hydrogen) atoms. The summed E-state index contributed by atoms with van der Waals surface area (Å²) in [6.07, 6.45) is 0.553. The van der Waals surface area contributed by atoms with E-state index in [-0.39, 0.29) is 6.54 Å². The van der Waals surface area contributed by atoms with Gasteiger partial charge in [-0.05, 0) is 24.1 Å². The first-order chi connectivity index (χ1) is 11.8. The van der Waals surface area contributed by atoms with Crippen LogP contribution in [0.5, 0.6) is 0 Å². The zero-order valence-electron chi connectivity index (χ0n) is 12.9. The molecule has 2 rings (SSSR count). The van der Waals surface area contributed by atoms with Crippen LogP contribution in [-0.2, 0) is 21.2 Å². The quantitative estimate of drug-likeness (QED) is 0.727. The topological polar surface area (TPSA) is 75.3 Å². The molecule has 2 aromatic rings. The van der Waals surface area contributed by atoms with E-state index in [4.69, 9.17) is 0 Å². The van der Waals surface area contributed by atoms with Crippen LogP contribution in [0.1, 0.15) is 5.56 Å². The Hall–Kier alpha value is -2.39. The van der Waals surface area contributed by atoms with Crippen LogP contribution >= 0.6 is 0 Å². The minimum atomic E-state index is -4.49. The van der Waals surface area contributed by atoms with Gasteiger partial charge in [-0.25, -0.2) is 26.3 Å². The maximum absolute atomic E-state index is 13.5. The van der Waals surface area contributed by atoms with Crippen molar-refractivity contribution in [1.82, 2.24) is 10.0 Å². The minimum Gasteiger partial charge on any atom is -0.355 e. The highest BCUT2D eigenvalue weighted by atomic mass is 32.2. The first-order valence-corrected chi connectivity index (χ1v) is 8.73. The summed E-state index contributed by atoms with van der Waals surface area (Å²) in [6, 6.07) is 10.4. The summed E-state index contributed by atoms with van der Waals surface area (Å²) >= 11 is 0. The van der Waals surface area contributed by atoms with Crippen LogP contribution in [0, 0.1) is 17.5 Å². The van der Waals surface area contributed by atoms with Gasteiger partial charge in [0.1, 0.15) is 4.90 Å². The van der Waals surface area contributed by atoms with Crippen molar-refractivity contribution in [2.24, 2.45) is 0 Å². The van der Waals surface area contributed by atoms with E-state index in [1.807, 2.05) is 35.1 Å². The Morgan fingerprint density at radius 1 is 0.960 bits per heavy atom. The third-order valence-electron chi connectivity index (χ3n) is 3.29. The number of sulfonamides is 1. The molecule has 2 aromatic carbocycles. The Balaban J connectivity index is 1.89. The number of benzene rings is 2. The van der Waals surface area contributed by atoms with Crippen LogP contribution in [0.3, 0.4) is 0 Å². The molecule has 1 amide bonds. The van der Waals surface area contributed by atoms with Crippen LogP contribution < -0.4 is 10.0 Å². The number of hydrogen-bond donors (Lipinski definition) is 2. The molecule has 0 saturated carbocycles. The molecule has 0 heterocycles. The van der Waals surface area contributed by atoms with Crippen molar-refractivity contribution in [2.75, 3.05) is 13.1 Å². The number of amides is 1. The Morgan fingerprint density at radius 3 is 2.32 bits per heavy atom. The maximum atomic E-state index is 13.5. The summed E-state index contributed by atoms with van der Waals surface area (Å²) < 4.78 is 65.1. The van der Waals surface area contributed by atoms with Gasteiger partial charge in [0.25, 0.3) is 0 Å². The molecule has 9 heteroatoms. The summed E-state index contributed by atoms with van der Waals surface area (Å²) in [5.74, 6) is -5.87. The van der Waals surface area contributed by atoms with Gasteiger partial charge < -0.3 is 5.32 Å². The molecule has 0 fully saturated rings. The predicted octanol–water partition coefficient (Wildman–Crippen LogP) is 1.74. The second-order valence-electron chi connectivity index (χ2n) is 5.08. The molecule has 0 saturated heterocycles. The second-order valence-corrected chi connectivity index (χ2v) is 6.82. The fraction of sp³-hybridized carbons (Fsp3) is 0.188. The van der Waals surface area contributed by atoms with E-state index in [0.717, 1.165) is 5.56 Å². The maximum Gasteiger partial charge on any atom is 0.244 e. The number of halogens is 3. The third-order valence-corrected chi connectivity index (χ3v) is 4.71. The molecule has 2 N–H and O–H groups in total. The van der Waals surface area contributed by atoms with Crippen molar-refractivity contribution < 1.29 is 26.4 Å². The van der Waals surface area contributed by atoms with Gasteiger partial charge in [0.05, 0.1) is 6.54 Å². The summed E-state index contributed by atoms with van der Waals surface area (Å²) in [6.45, 7) is -0.375. The fourth-order valence-corrected chi connectivity index (χ4v) is 3.06. The first-order valence-electron chi connectivity index (χ1n) is 7.25. The number of carbonyl (C=O) groups is 1. The zero-order valence-corrected chi connectivity index (χ0v) is 13.7. The van der Waals surface area contributed by atoms with Crippen LogP contribution in [0.25, 0.3) is 0 Å². The molecule has 134 valence electrons. The largest absolute Gasteiger partial charge is 0.355 e. The Kier molecular flexibility index (Phi) is 6.16. The van der Waals surface area contributed by atoms with E-state index in [9.17, 15) is 26.4 Å². The molecule has 0 bridgehead atoms. The lowest BCUT2D eigenvalue weighted by molar-refractivity contribution is -0.119. The Bertz CT molecular complexity index is 858. The van der Waals surface area contributed by atoms with Gasteiger partial charge in [-0.1, -0.05) is 30.3 Å². The monoisotopic (exact) mass is 372 g/mol. The Labute approximate surface area is 142 Å². The van der Waals surface area contributed by atoms with E-state index in [1.165, 1.54) is 0 Å². The molecule has 0 atom stereocenters. The van der Waals surface area contributed by atoms with Crippen LogP contribution in [0.15, 0.2) is 47.4 Å². The lowest BCUT2D eigenvalue weighted by Crippen LogP contribution is -2.38. The predicted molar refractivity (Wildman–Crippen MR) is 84.7 cm³/mol. The molecule has 5 nitrogen and oxygen atoms in total. The Morgan fingerprint density at radius 2 is 1.64 bits per heavy atom. The number of nitrogens with one attached hydrogen (secondary N) is 2. The molecule has 0 radical (unpaired) electrons. The van der Waals surface area contributed by atoms with Crippen molar-refractivity contribution in [2.45, 2.75) is 11.3 Å². The van der Waals surface area contributed by atoms with Gasteiger partial charge in [-0.15, -0.1) is 0 Å². The first kappa shape index (κ1) is 18.9. The number of hydrogen-bond acceptors (Lipinski definition) is 3. The summed E-state index contributed by atoms with van der Waals surface area (Å²) in [7, 11) is -4.49. The average Bonchev–Trinajstić information content (AvgIpc) is 2.59. The van der Waals surface area contributed by atoms with Crippen molar-refractivity contribution in [1.29, 1.82) is 0 Å². The van der Waals surface area contributed by atoms with Gasteiger partial charge in [-0.3, -0.25) is 4.79 Å². The van der Waals surface area contributed by atoms with Crippen molar-refractivity contribution in [3.63, 3.8) is 0 Å². The van der Waals surface area contributed by atoms with Crippen molar-refractivity contribution in [3.8, 4) is 0 Å². The summed E-state index contributed by atoms with van der Waals surface area (Å²) in [5, 5.41) is 2.50. The van der Waals surface area contributed by atoms with Gasteiger partial charge >= 0.3 is 0 Å². The van der Waals surface area contributed by atoms with Gasteiger partial charge in [0, 0.05) is 6.54 Å². The van der Waals surface area contributed by atoms with E-state index in [2.05, 4.69) is 5.32 Å². The zero-order chi connectivity index (χ0) is 18.4. The van der Waals surface area contributed by atoms with Crippen LogP contribution in [0.4, 0.5) is 13.2 Å². The SMILES string of the molecule is O=C(CNS(=O)(=O)c1ccc(F)c(F)c1F)NCCc1ccccc1. The van der Waals surface area contributed by atoms with Crippen LogP contribution in [0.2, 0.25) is 0 Å². The van der Waals surface area contributed by atoms with Crippen molar-refractivity contribution in [3.05, 3.63) is 65.5 Å².